The van der Waals surface area contributed by atoms with Gasteiger partial charge in [-0.1, -0.05) is 33.4 Å². The monoisotopic (exact) mass is 252 g/mol. The Hall–Kier alpha value is -2.34. The smallest absolute Gasteiger partial charge is 0.219 e. The number of hydrogen-bond acceptors (Lipinski definition) is 2. The Balaban J connectivity index is 2.51. The molecule has 19 heavy (non-hydrogen) atoms. The number of allylic oxidation sites excluding steroid dienone is 1. The third-order valence-electron chi connectivity index (χ3n) is 3.14. The Labute approximate surface area is 112 Å². The molecule has 0 aliphatic heterocycles. The van der Waals surface area contributed by atoms with Gasteiger partial charge < -0.3 is 4.98 Å². The lowest BCUT2D eigenvalue weighted by molar-refractivity contribution is 0.103. The van der Waals surface area contributed by atoms with Gasteiger partial charge in [-0.2, -0.15) is 5.26 Å². The molecule has 0 unspecified atom stereocenters. The first-order valence-electron chi connectivity index (χ1n) is 6.10. The van der Waals surface area contributed by atoms with Crippen LogP contribution in [0.3, 0.4) is 0 Å². The third kappa shape index (κ3) is 2.43. The van der Waals surface area contributed by atoms with Crippen molar-refractivity contribution in [3.05, 3.63) is 47.7 Å². The molecule has 3 heteroatoms. The molecule has 0 fully saturated rings. The third-order valence-corrected chi connectivity index (χ3v) is 3.14. The Morgan fingerprint density at radius 3 is 2.58 bits per heavy atom. The van der Waals surface area contributed by atoms with E-state index in [0.29, 0.717) is 5.69 Å². The highest BCUT2D eigenvalue weighted by Gasteiger charge is 2.16. The number of nitriles is 1. The normalized spacial score (nSPS) is 11.3. The maximum Gasteiger partial charge on any atom is 0.219 e. The minimum atomic E-state index is -0.351. The Kier molecular flexibility index (Phi) is 3.03. The van der Waals surface area contributed by atoms with Crippen molar-refractivity contribution in [1.82, 2.24) is 4.98 Å². The average Bonchev–Trinajstić information content (AvgIpc) is 2.78. The molecule has 3 nitrogen and oxygen atoms in total. The molecule has 1 N–H and O–H groups in total. The zero-order valence-electron chi connectivity index (χ0n) is 11.4. The van der Waals surface area contributed by atoms with Crippen molar-refractivity contribution in [2.45, 2.75) is 26.2 Å². The average molecular weight is 252 g/mol. The quantitative estimate of drug-likeness (QED) is 0.503. The van der Waals surface area contributed by atoms with E-state index in [0.717, 1.165) is 10.9 Å². The topological polar surface area (TPSA) is 56.6 Å². The lowest BCUT2D eigenvalue weighted by atomic mass is 9.86. The number of nitrogens with zero attached hydrogens (tertiary/aromatic N) is 1. The van der Waals surface area contributed by atoms with Crippen LogP contribution in [0.5, 0.6) is 0 Å². The molecule has 0 radical (unpaired) electrons. The summed E-state index contributed by atoms with van der Waals surface area (Å²) in [6.07, 6.45) is 0. The van der Waals surface area contributed by atoms with Gasteiger partial charge in [0, 0.05) is 10.9 Å². The minimum absolute atomic E-state index is 0.0531. The number of carbonyl (C=O) groups excluding carboxylic acids is 1. The van der Waals surface area contributed by atoms with E-state index < -0.39 is 0 Å². The van der Waals surface area contributed by atoms with Crippen molar-refractivity contribution in [1.29, 1.82) is 5.26 Å². The van der Waals surface area contributed by atoms with Crippen LogP contribution in [-0.4, -0.2) is 10.8 Å². The zero-order valence-corrected chi connectivity index (χ0v) is 11.4. The van der Waals surface area contributed by atoms with Crippen molar-refractivity contribution in [2.24, 2.45) is 0 Å². The number of carbonyl (C=O) groups is 1. The first-order chi connectivity index (χ1) is 8.82. The second kappa shape index (κ2) is 4.40. The molecule has 1 aromatic heterocycles. The van der Waals surface area contributed by atoms with Gasteiger partial charge in [-0.15, -0.1) is 0 Å². The minimum Gasteiger partial charge on any atom is -0.352 e. The standard InChI is InChI=1S/C16H16N2O/c1-10(9-17)15(19)14-8-11-7-12(16(2,3)4)5-6-13(11)18-14/h5-8,18H,1H2,2-4H3. The molecule has 0 bridgehead atoms. The fourth-order valence-electron chi connectivity index (χ4n) is 1.93. The summed E-state index contributed by atoms with van der Waals surface area (Å²) in [5, 5.41) is 9.68. The van der Waals surface area contributed by atoms with E-state index in [9.17, 15) is 4.79 Å². The van der Waals surface area contributed by atoms with Gasteiger partial charge in [0.05, 0.1) is 11.3 Å². The van der Waals surface area contributed by atoms with Crippen molar-refractivity contribution in [3.8, 4) is 6.07 Å². The van der Waals surface area contributed by atoms with Gasteiger partial charge in [-0.05, 0) is 29.2 Å². The van der Waals surface area contributed by atoms with Gasteiger partial charge in [0.2, 0.25) is 5.78 Å². The molecule has 0 amide bonds. The summed E-state index contributed by atoms with van der Waals surface area (Å²) in [5.74, 6) is -0.351. The van der Waals surface area contributed by atoms with Crippen LogP contribution in [0.2, 0.25) is 0 Å². The fourth-order valence-corrected chi connectivity index (χ4v) is 1.93. The molecular weight excluding hydrogens is 236 g/mol. The highest BCUT2D eigenvalue weighted by molar-refractivity contribution is 6.11. The van der Waals surface area contributed by atoms with E-state index in [-0.39, 0.29) is 16.8 Å². The number of nitrogens with one attached hydrogen (secondary N) is 1. The number of aromatic nitrogens is 1. The van der Waals surface area contributed by atoms with Crippen LogP contribution in [0.4, 0.5) is 0 Å². The first-order valence-corrected chi connectivity index (χ1v) is 6.10. The summed E-state index contributed by atoms with van der Waals surface area (Å²) in [6, 6.07) is 9.63. The van der Waals surface area contributed by atoms with E-state index in [4.69, 9.17) is 5.26 Å². The predicted molar refractivity (Wildman–Crippen MR) is 76.1 cm³/mol. The van der Waals surface area contributed by atoms with Gasteiger partial charge in [0.1, 0.15) is 6.07 Å². The van der Waals surface area contributed by atoms with Gasteiger partial charge in [-0.25, -0.2) is 0 Å². The Bertz CT molecular complexity index is 708. The van der Waals surface area contributed by atoms with Crippen molar-refractivity contribution in [2.75, 3.05) is 0 Å². The van der Waals surface area contributed by atoms with E-state index in [1.807, 2.05) is 12.1 Å². The summed E-state index contributed by atoms with van der Waals surface area (Å²) in [4.78, 5) is 14.9. The Morgan fingerprint density at radius 2 is 2.00 bits per heavy atom. The van der Waals surface area contributed by atoms with Gasteiger partial charge in [-0.3, -0.25) is 4.79 Å². The SMILES string of the molecule is C=C(C#N)C(=O)c1cc2cc(C(C)(C)C)ccc2[nH]1. The Morgan fingerprint density at radius 1 is 1.32 bits per heavy atom. The van der Waals surface area contributed by atoms with Crippen molar-refractivity contribution >= 4 is 16.7 Å². The van der Waals surface area contributed by atoms with Crippen LogP contribution in [0.1, 0.15) is 36.8 Å². The zero-order chi connectivity index (χ0) is 14.2. The number of benzene rings is 1. The highest BCUT2D eigenvalue weighted by Crippen LogP contribution is 2.26. The molecule has 1 heterocycles. The van der Waals surface area contributed by atoms with Crippen LogP contribution in [0.25, 0.3) is 10.9 Å². The maximum atomic E-state index is 11.9. The van der Waals surface area contributed by atoms with Gasteiger partial charge in [0.15, 0.2) is 0 Å². The van der Waals surface area contributed by atoms with Crippen LogP contribution in [0, 0.1) is 11.3 Å². The van der Waals surface area contributed by atoms with E-state index in [1.54, 1.807) is 12.1 Å². The summed E-state index contributed by atoms with van der Waals surface area (Å²) in [7, 11) is 0. The van der Waals surface area contributed by atoms with Crippen LogP contribution >= 0.6 is 0 Å². The summed E-state index contributed by atoms with van der Waals surface area (Å²) >= 11 is 0. The van der Waals surface area contributed by atoms with Crippen LogP contribution in [-0.2, 0) is 5.41 Å². The molecule has 0 aliphatic rings. The van der Waals surface area contributed by atoms with E-state index in [2.05, 4.69) is 38.4 Å². The second-order valence-electron chi connectivity index (χ2n) is 5.65. The molecule has 0 atom stereocenters. The molecule has 0 spiro atoms. The largest absolute Gasteiger partial charge is 0.352 e. The van der Waals surface area contributed by atoms with Gasteiger partial charge in [0.25, 0.3) is 0 Å². The molecule has 2 aromatic rings. The number of rotatable bonds is 2. The van der Waals surface area contributed by atoms with Crippen LogP contribution < -0.4 is 0 Å². The summed E-state index contributed by atoms with van der Waals surface area (Å²) < 4.78 is 0. The van der Waals surface area contributed by atoms with Crippen molar-refractivity contribution in [3.63, 3.8) is 0 Å². The maximum absolute atomic E-state index is 11.9. The lowest BCUT2D eigenvalue weighted by Gasteiger charge is -2.18. The molecular formula is C16H16N2O. The van der Waals surface area contributed by atoms with E-state index in [1.165, 1.54) is 5.56 Å². The molecule has 0 aliphatic carbocycles. The van der Waals surface area contributed by atoms with Crippen LogP contribution in [0.15, 0.2) is 36.4 Å². The second-order valence-corrected chi connectivity index (χ2v) is 5.65. The first kappa shape index (κ1) is 13.1. The molecule has 0 saturated heterocycles. The van der Waals surface area contributed by atoms with Gasteiger partial charge >= 0.3 is 0 Å². The van der Waals surface area contributed by atoms with E-state index >= 15 is 0 Å². The summed E-state index contributed by atoms with van der Waals surface area (Å²) in [5.41, 5.74) is 2.51. The number of ketones is 1. The molecule has 96 valence electrons. The number of H-pyrrole nitrogens is 1. The fraction of sp³-hybridized carbons (Fsp3) is 0.250. The molecule has 0 saturated carbocycles. The lowest BCUT2D eigenvalue weighted by Crippen LogP contribution is -2.10. The number of aromatic amines is 1. The van der Waals surface area contributed by atoms with Crippen molar-refractivity contribution < 1.29 is 4.79 Å². The number of hydrogen-bond donors (Lipinski definition) is 1. The predicted octanol–water partition coefficient (Wildman–Crippen LogP) is 3.73. The molecule has 1 aromatic carbocycles. The number of Topliss-reactive ketones (excluding diaryl/α,β-unsaturated/α-hetero) is 1. The highest BCUT2D eigenvalue weighted by atomic mass is 16.1. The molecule has 2 rings (SSSR count). The summed E-state index contributed by atoms with van der Waals surface area (Å²) in [6.45, 7) is 9.88. The number of fused-ring (bicyclic) bond motifs is 1.